The molecule has 0 unspecified atom stereocenters. The molecule has 504 valence electrons. The number of anilines is 1. The number of carbonyl (C=O) groups is 5. The van der Waals surface area contributed by atoms with E-state index in [1.165, 1.54) is 0 Å². The third-order valence-corrected chi connectivity index (χ3v) is 15.3. The summed E-state index contributed by atoms with van der Waals surface area (Å²) < 4.78 is 57.0. The van der Waals surface area contributed by atoms with Crippen LogP contribution in [0.1, 0.15) is 113 Å². The highest BCUT2D eigenvalue weighted by molar-refractivity contribution is 8.02. The summed E-state index contributed by atoms with van der Waals surface area (Å²) in [5.74, 6) is -0.734. The Hall–Kier alpha value is -4.88. The lowest BCUT2D eigenvalue weighted by molar-refractivity contribution is -0.133. The minimum atomic E-state index is -1.05. The minimum Gasteiger partial charge on any atom is -0.445 e. The number of oxime groups is 1. The van der Waals surface area contributed by atoms with Crippen molar-refractivity contribution < 1.29 is 76.2 Å². The van der Waals surface area contributed by atoms with Crippen LogP contribution < -0.4 is 32.3 Å². The van der Waals surface area contributed by atoms with Crippen LogP contribution in [0.15, 0.2) is 35.6 Å². The highest BCUT2D eigenvalue weighted by Gasteiger charge is 2.29. The Morgan fingerprint density at radius 3 is 1.66 bits per heavy atom. The van der Waals surface area contributed by atoms with Crippen molar-refractivity contribution in [1.82, 2.24) is 36.3 Å². The van der Waals surface area contributed by atoms with Crippen LogP contribution in [0.2, 0.25) is 0 Å². The molecule has 0 fully saturated rings. The Labute approximate surface area is 531 Å². The average Bonchev–Trinajstić information content (AvgIpc) is 3.82. The molecule has 0 saturated carbocycles. The third kappa shape index (κ3) is 43.7. The molecule has 0 aliphatic rings. The van der Waals surface area contributed by atoms with E-state index >= 15 is 0 Å². The molecule has 0 bridgehead atoms. The Balaban J connectivity index is 1.60. The zero-order valence-electron chi connectivity index (χ0n) is 54.3. The van der Waals surface area contributed by atoms with Crippen molar-refractivity contribution in [2.24, 2.45) is 22.2 Å². The van der Waals surface area contributed by atoms with Crippen molar-refractivity contribution in [2.75, 3.05) is 149 Å². The standard InChI is InChI=1S/C60H106N10O16S2/c1-12-60(10,11)88-45-50(44-87-59(7,8)9)68-86-43-52(71)66-53(46(2)3)55(73)65-51(14-13-20-62-56(61)74)54(72)64-48-17-15-47(16-18-48)42-85-57(75)63-40-49-41-70(69-67-49)21-23-77-25-27-79-29-31-81-33-35-83-37-39-84-38-36-82-34-32-80-30-28-78-26-24-76-22-19-58(4,5)6/h15-18,41,46,51,53H,12-14,19-40,42-45H2,1-11H3,(H,63,75)(H,64,72)(H,65,73)(H,66,71)(H3,61,62,74)/t51-,53-/m0/s1. The van der Waals surface area contributed by atoms with E-state index in [1.807, 2.05) is 0 Å². The monoisotopic (exact) mass is 1290 g/mol. The molecular formula is C60H106N10O16S2. The van der Waals surface area contributed by atoms with E-state index in [9.17, 15) is 24.0 Å². The number of ether oxygens (including phenoxy) is 10. The van der Waals surface area contributed by atoms with Crippen molar-refractivity contribution in [3.05, 3.63) is 41.7 Å². The SMILES string of the molecule is CCC(C)(C)SCC(CSC(C)(C)C)=NOCC(=O)N[C@H](C(=O)N[C@@H](CCCNC(N)=O)C(=O)Nc1ccc(COC(=O)NCc2cn(CCOCCOCCOCCOCCOCCOCCOCCOCCOCCC(C)(C)C)nn2)cc1)C(C)C. The number of alkyl carbamates (subject to hydrolysis) is 1. The molecule has 28 heteroatoms. The van der Waals surface area contributed by atoms with Crippen LogP contribution in [-0.4, -0.2) is 216 Å². The van der Waals surface area contributed by atoms with Gasteiger partial charge in [0.1, 0.15) is 24.4 Å². The Bertz CT molecular complexity index is 2230. The first kappa shape index (κ1) is 79.2. The van der Waals surface area contributed by atoms with E-state index in [1.54, 1.807) is 72.5 Å². The zero-order valence-corrected chi connectivity index (χ0v) is 56.0. The van der Waals surface area contributed by atoms with Gasteiger partial charge in [-0.25, -0.2) is 14.3 Å². The van der Waals surface area contributed by atoms with Crippen molar-refractivity contribution >= 4 is 64.8 Å². The predicted molar refractivity (Wildman–Crippen MR) is 342 cm³/mol. The van der Waals surface area contributed by atoms with Gasteiger partial charge in [-0.1, -0.05) is 98.7 Å². The summed E-state index contributed by atoms with van der Waals surface area (Å²) in [6, 6.07) is 3.84. The normalized spacial score (nSPS) is 12.8. The highest BCUT2D eigenvalue weighted by atomic mass is 32.2. The predicted octanol–water partition coefficient (Wildman–Crippen LogP) is 6.13. The maximum absolute atomic E-state index is 13.7. The fourth-order valence-corrected chi connectivity index (χ4v) is 8.76. The van der Waals surface area contributed by atoms with Crippen LogP contribution in [0.3, 0.4) is 0 Å². The molecule has 6 amide bonds. The lowest BCUT2D eigenvalue weighted by Gasteiger charge is -2.25. The van der Waals surface area contributed by atoms with Gasteiger partial charge < -0.3 is 84.5 Å². The van der Waals surface area contributed by atoms with Crippen molar-refractivity contribution in [3.63, 3.8) is 0 Å². The van der Waals surface area contributed by atoms with Gasteiger partial charge in [-0.05, 0) is 54.7 Å². The number of hydrogen-bond acceptors (Lipinski definition) is 21. The van der Waals surface area contributed by atoms with E-state index in [-0.39, 0.29) is 46.9 Å². The Morgan fingerprint density at radius 2 is 1.17 bits per heavy atom. The molecule has 0 spiro atoms. The topological polar surface area (TPSA) is 316 Å². The fourth-order valence-electron chi connectivity index (χ4n) is 6.96. The quantitative estimate of drug-likeness (QED) is 0.0246. The molecule has 0 radical (unpaired) electrons. The molecule has 1 aromatic carbocycles. The molecule has 88 heavy (non-hydrogen) atoms. The van der Waals surface area contributed by atoms with Crippen LogP contribution in [0.5, 0.6) is 0 Å². The fraction of sp³-hybridized carbons (Fsp3) is 0.767. The number of nitrogens with one attached hydrogen (secondary N) is 5. The van der Waals surface area contributed by atoms with Crippen LogP contribution in [0, 0.1) is 11.3 Å². The summed E-state index contributed by atoms with van der Waals surface area (Å²) in [7, 11) is 0. The number of amides is 6. The Kier molecular flexibility index (Phi) is 42.4. The number of thioether (sulfide) groups is 2. The lowest BCUT2D eigenvalue weighted by Crippen LogP contribution is -2.55. The molecule has 2 aromatic rings. The summed E-state index contributed by atoms with van der Waals surface area (Å²) >= 11 is 3.51. The van der Waals surface area contributed by atoms with E-state index in [2.05, 4.69) is 104 Å². The average molecular weight is 1290 g/mol. The van der Waals surface area contributed by atoms with E-state index < -0.39 is 48.5 Å². The van der Waals surface area contributed by atoms with Crippen LogP contribution in [-0.2, 0) is 86.3 Å². The molecule has 0 aliphatic heterocycles. The van der Waals surface area contributed by atoms with E-state index in [0.717, 1.165) is 25.2 Å². The number of rotatable bonds is 52. The van der Waals surface area contributed by atoms with Crippen molar-refractivity contribution in [1.29, 1.82) is 0 Å². The lowest BCUT2D eigenvalue weighted by atomic mass is 9.93. The van der Waals surface area contributed by atoms with Gasteiger partial charge in [0.25, 0.3) is 5.91 Å². The van der Waals surface area contributed by atoms with Gasteiger partial charge in [0.05, 0.1) is 137 Å². The summed E-state index contributed by atoms with van der Waals surface area (Å²) in [6.07, 6.45) is 3.48. The second-order valence-corrected chi connectivity index (χ2v) is 26.9. The second kappa shape index (κ2) is 47.1. The second-order valence-electron chi connectivity index (χ2n) is 23.4. The molecule has 2 rings (SSSR count). The van der Waals surface area contributed by atoms with E-state index in [4.69, 9.17) is 57.9 Å². The maximum Gasteiger partial charge on any atom is 0.407 e. The maximum atomic E-state index is 13.7. The summed E-state index contributed by atoms with van der Waals surface area (Å²) in [5.41, 5.74) is 7.91. The molecule has 0 saturated heterocycles. The van der Waals surface area contributed by atoms with Gasteiger partial charge in [0.2, 0.25) is 11.8 Å². The van der Waals surface area contributed by atoms with Crippen molar-refractivity contribution in [2.45, 2.75) is 143 Å². The first-order valence-electron chi connectivity index (χ1n) is 30.4. The van der Waals surface area contributed by atoms with Gasteiger partial charge in [-0.3, -0.25) is 14.4 Å². The molecule has 1 heterocycles. The first-order chi connectivity index (χ1) is 41.9. The molecule has 1 aromatic heterocycles. The van der Waals surface area contributed by atoms with Gasteiger partial charge in [0.15, 0.2) is 6.61 Å². The molecule has 2 atom stereocenters. The number of aromatic nitrogens is 3. The number of urea groups is 1. The Morgan fingerprint density at radius 1 is 0.659 bits per heavy atom. The molecule has 7 N–H and O–H groups in total. The highest BCUT2D eigenvalue weighted by Crippen LogP contribution is 2.30. The molecule has 26 nitrogen and oxygen atoms in total. The number of primary amides is 1. The summed E-state index contributed by atoms with van der Waals surface area (Å²) in [5, 5.41) is 26.0. The van der Waals surface area contributed by atoms with Crippen molar-refractivity contribution in [3.8, 4) is 0 Å². The first-order valence-corrected chi connectivity index (χ1v) is 32.4. The number of nitrogens with two attached hydrogens (primary N) is 1. The number of benzene rings is 1. The third-order valence-electron chi connectivity index (χ3n) is 12.4. The smallest absolute Gasteiger partial charge is 0.407 e. The van der Waals surface area contributed by atoms with Crippen LogP contribution in [0.4, 0.5) is 15.3 Å². The van der Waals surface area contributed by atoms with Gasteiger partial charge in [-0.2, -0.15) is 0 Å². The van der Waals surface area contributed by atoms with Gasteiger partial charge in [0, 0.05) is 39.8 Å². The van der Waals surface area contributed by atoms with Gasteiger partial charge >= 0.3 is 12.1 Å². The number of hydrogen-bond donors (Lipinski definition) is 6. The van der Waals surface area contributed by atoms with Gasteiger partial charge in [-0.15, -0.1) is 28.6 Å². The van der Waals surface area contributed by atoms with E-state index in [0.29, 0.717) is 154 Å². The number of nitrogens with zero attached hydrogens (tertiary/aromatic N) is 4. The van der Waals surface area contributed by atoms with Crippen LogP contribution in [0.25, 0.3) is 0 Å². The summed E-state index contributed by atoms with van der Waals surface area (Å²) in [6.45, 7) is 32.0. The number of carbonyl (C=O) groups excluding carboxylic acids is 5. The minimum absolute atomic E-state index is 0.00692. The molecular weight excluding hydrogens is 1180 g/mol. The largest absolute Gasteiger partial charge is 0.445 e. The zero-order chi connectivity index (χ0) is 64.9. The molecule has 0 aliphatic carbocycles. The summed E-state index contributed by atoms with van der Waals surface area (Å²) in [4.78, 5) is 70.0. The van der Waals surface area contributed by atoms with Crippen LogP contribution >= 0.6 is 23.5 Å².